The molecule has 1 aromatic heterocycles. The maximum atomic E-state index is 11.8. The zero-order valence-corrected chi connectivity index (χ0v) is 13.4. The third-order valence-electron chi connectivity index (χ3n) is 3.69. The molecule has 0 amide bonds. The van der Waals surface area contributed by atoms with E-state index in [1.807, 2.05) is 11.6 Å². The van der Waals surface area contributed by atoms with E-state index >= 15 is 0 Å². The topological polar surface area (TPSA) is 65.7 Å². The van der Waals surface area contributed by atoms with Crippen molar-refractivity contribution in [2.75, 3.05) is 13.6 Å². The van der Waals surface area contributed by atoms with Crippen molar-refractivity contribution in [2.24, 2.45) is 0 Å². The zero-order valence-electron chi connectivity index (χ0n) is 13.4. The summed E-state index contributed by atoms with van der Waals surface area (Å²) < 4.78 is 1.89. The lowest BCUT2D eigenvalue weighted by Crippen LogP contribution is -2.26. The summed E-state index contributed by atoms with van der Waals surface area (Å²) in [6.45, 7) is 6.17. The molecule has 0 aromatic carbocycles. The Morgan fingerprint density at radius 3 is 2.48 bits per heavy atom. The van der Waals surface area contributed by atoms with Gasteiger partial charge in [-0.25, -0.2) is 0 Å². The summed E-state index contributed by atoms with van der Waals surface area (Å²) in [5.41, 5.74) is 0.773. The van der Waals surface area contributed by atoms with Crippen LogP contribution in [0.4, 0.5) is 0 Å². The van der Waals surface area contributed by atoms with Crippen LogP contribution < -0.4 is 5.43 Å². The van der Waals surface area contributed by atoms with Crippen LogP contribution in [0.2, 0.25) is 0 Å². The fourth-order valence-corrected chi connectivity index (χ4v) is 2.39. The average Bonchev–Trinajstić information content (AvgIpc) is 2.48. The maximum absolute atomic E-state index is 11.8. The highest BCUT2D eigenvalue weighted by Gasteiger charge is 2.15. The first kappa shape index (κ1) is 17.7. The Hall–Kier alpha value is -1.33. The Morgan fingerprint density at radius 2 is 1.90 bits per heavy atom. The number of aliphatic hydroxyl groups is 1. The smallest absolute Gasteiger partial charge is 0.223 e. The number of pyridine rings is 1. The van der Waals surface area contributed by atoms with Crippen LogP contribution in [0.25, 0.3) is 0 Å². The summed E-state index contributed by atoms with van der Waals surface area (Å²) in [4.78, 5) is 13.9. The van der Waals surface area contributed by atoms with Gasteiger partial charge in [0.25, 0.3) is 0 Å². The third kappa shape index (κ3) is 4.86. The highest BCUT2D eigenvalue weighted by molar-refractivity contribution is 5.30. The Labute approximate surface area is 126 Å². The van der Waals surface area contributed by atoms with Crippen LogP contribution >= 0.6 is 0 Å². The zero-order chi connectivity index (χ0) is 15.8. The summed E-state index contributed by atoms with van der Waals surface area (Å²) in [5, 5.41) is 19.6. The van der Waals surface area contributed by atoms with Crippen molar-refractivity contribution in [3.05, 3.63) is 27.7 Å². The molecule has 0 radical (unpaired) electrons. The molecule has 5 heteroatoms. The van der Waals surface area contributed by atoms with Crippen LogP contribution in [-0.4, -0.2) is 33.3 Å². The van der Waals surface area contributed by atoms with Gasteiger partial charge in [0, 0.05) is 24.8 Å². The largest absolute Gasteiger partial charge is 0.503 e. The minimum Gasteiger partial charge on any atom is -0.503 e. The van der Waals surface area contributed by atoms with Gasteiger partial charge < -0.3 is 19.7 Å². The van der Waals surface area contributed by atoms with Crippen LogP contribution in [-0.2, 0) is 19.7 Å². The molecule has 0 aliphatic rings. The van der Waals surface area contributed by atoms with Crippen molar-refractivity contribution < 1.29 is 10.2 Å². The van der Waals surface area contributed by atoms with Gasteiger partial charge in [-0.3, -0.25) is 4.79 Å². The number of rotatable bonds is 9. The predicted octanol–water partition coefficient (Wildman–Crippen LogP) is 2.08. The molecule has 0 atom stereocenters. The number of hydrogen-bond acceptors (Lipinski definition) is 4. The molecule has 0 fully saturated rings. The van der Waals surface area contributed by atoms with Gasteiger partial charge in [0.15, 0.2) is 5.75 Å². The predicted molar refractivity (Wildman–Crippen MR) is 84.4 cm³/mol. The first-order valence-corrected chi connectivity index (χ1v) is 7.79. The quantitative estimate of drug-likeness (QED) is 0.732. The number of unbranched alkanes of at least 4 members (excludes halogenated alkanes) is 2. The fourth-order valence-electron chi connectivity index (χ4n) is 2.39. The molecule has 21 heavy (non-hydrogen) atoms. The fraction of sp³-hybridized carbons (Fsp3) is 0.688. The molecule has 0 unspecified atom stereocenters. The Kier molecular flexibility index (Phi) is 7.47. The van der Waals surface area contributed by atoms with E-state index in [0.29, 0.717) is 24.5 Å². The summed E-state index contributed by atoms with van der Waals surface area (Å²) >= 11 is 0. The van der Waals surface area contributed by atoms with Crippen LogP contribution in [0.15, 0.2) is 10.9 Å². The van der Waals surface area contributed by atoms with Gasteiger partial charge in [-0.2, -0.15) is 0 Å². The Morgan fingerprint density at radius 1 is 1.24 bits per heavy atom. The van der Waals surface area contributed by atoms with Crippen molar-refractivity contribution in [3.8, 4) is 5.75 Å². The number of nitrogens with zero attached hydrogens (tertiary/aromatic N) is 2. The summed E-state index contributed by atoms with van der Waals surface area (Å²) in [6, 6.07) is 1.33. The SMILES string of the molecule is CCCCN(C)Cc1c(O)c(=O)cc(CO)n1CCCC. The van der Waals surface area contributed by atoms with Gasteiger partial charge in [-0.15, -0.1) is 0 Å². The molecule has 0 bridgehead atoms. The third-order valence-corrected chi connectivity index (χ3v) is 3.69. The van der Waals surface area contributed by atoms with Crippen molar-refractivity contribution in [1.82, 2.24) is 9.47 Å². The second-order valence-corrected chi connectivity index (χ2v) is 5.55. The first-order chi connectivity index (χ1) is 10.0. The molecular formula is C16H28N2O3. The van der Waals surface area contributed by atoms with Gasteiger partial charge >= 0.3 is 0 Å². The van der Waals surface area contributed by atoms with E-state index < -0.39 is 5.43 Å². The lowest BCUT2D eigenvalue weighted by Gasteiger charge is -2.23. The second kappa shape index (κ2) is 8.85. The number of aromatic nitrogens is 1. The molecule has 120 valence electrons. The van der Waals surface area contributed by atoms with E-state index in [-0.39, 0.29) is 12.4 Å². The van der Waals surface area contributed by atoms with Crippen molar-refractivity contribution in [1.29, 1.82) is 0 Å². The minimum absolute atomic E-state index is 0.188. The Bertz CT molecular complexity index is 497. The second-order valence-electron chi connectivity index (χ2n) is 5.55. The number of aliphatic hydroxyl groups excluding tert-OH is 1. The highest BCUT2D eigenvalue weighted by atomic mass is 16.3. The lowest BCUT2D eigenvalue weighted by atomic mass is 10.2. The van der Waals surface area contributed by atoms with Crippen molar-refractivity contribution >= 4 is 0 Å². The van der Waals surface area contributed by atoms with E-state index in [1.165, 1.54) is 6.07 Å². The molecular weight excluding hydrogens is 268 g/mol. The van der Waals surface area contributed by atoms with Crippen LogP contribution in [0.5, 0.6) is 5.75 Å². The molecule has 0 saturated carbocycles. The van der Waals surface area contributed by atoms with Crippen molar-refractivity contribution in [3.63, 3.8) is 0 Å². The monoisotopic (exact) mass is 296 g/mol. The van der Waals surface area contributed by atoms with Crippen LogP contribution in [0, 0.1) is 0 Å². The van der Waals surface area contributed by atoms with E-state index in [2.05, 4.69) is 18.7 Å². The van der Waals surface area contributed by atoms with E-state index in [1.54, 1.807) is 0 Å². The molecule has 1 aromatic rings. The molecule has 0 aliphatic heterocycles. The molecule has 5 nitrogen and oxygen atoms in total. The van der Waals surface area contributed by atoms with Gasteiger partial charge in [-0.05, 0) is 26.4 Å². The van der Waals surface area contributed by atoms with E-state index in [0.717, 1.165) is 32.2 Å². The maximum Gasteiger partial charge on any atom is 0.223 e. The van der Waals surface area contributed by atoms with Gasteiger partial charge in [0.05, 0.1) is 12.3 Å². The Balaban J connectivity index is 3.12. The van der Waals surface area contributed by atoms with Crippen LogP contribution in [0.3, 0.4) is 0 Å². The number of aromatic hydroxyl groups is 1. The molecule has 0 saturated heterocycles. The van der Waals surface area contributed by atoms with E-state index in [4.69, 9.17) is 0 Å². The first-order valence-electron chi connectivity index (χ1n) is 7.79. The molecule has 0 aliphatic carbocycles. The summed E-state index contributed by atoms with van der Waals surface area (Å²) in [6.07, 6.45) is 4.15. The molecule has 2 N–H and O–H groups in total. The van der Waals surface area contributed by atoms with Crippen LogP contribution in [0.1, 0.15) is 50.9 Å². The van der Waals surface area contributed by atoms with Crippen molar-refractivity contribution in [2.45, 2.75) is 59.2 Å². The highest BCUT2D eigenvalue weighted by Crippen LogP contribution is 2.18. The minimum atomic E-state index is -0.411. The summed E-state index contributed by atoms with van der Waals surface area (Å²) in [7, 11) is 1.98. The van der Waals surface area contributed by atoms with E-state index in [9.17, 15) is 15.0 Å². The lowest BCUT2D eigenvalue weighted by molar-refractivity contribution is 0.260. The standard InChI is InChI=1S/C16H28N2O3/c1-4-6-8-17(3)11-14-16(21)15(20)10-13(12-19)18(14)9-7-5-2/h10,19,21H,4-9,11-12H2,1-3H3. The molecule has 1 heterocycles. The summed E-state index contributed by atoms with van der Waals surface area (Å²) in [5.74, 6) is -0.188. The average molecular weight is 296 g/mol. The molecule has 1 rings (SSSR count). The van der Waals surface area contributed by atoms with Gasteiger partial charge in [-0.1, -0.05) is 26.7 Å². The van der Waals surface area contributed by atoms with Gasteiger partial charge in [0.1, 0.15) is 0 Å². The van der Waals surface area contributed by atoms with Gasteiger partial charge in [0.2, 0.25) is 5.43 Å². The molecule has 0 spiro atoms. The normalized spacial score (nSPS) is 11.3. The number of hydrogen-bond donors (Lipinski definition) is 2.